The van der Waals surface area contributed by atoms with Crippen LogP contribution in [0.4, 0.5) is 0 Å². The van der Waals surface area contributed by atoms with Gasteiger partial charge in [-0.1, -0.05) is 19.9 Å². The van der Waals surface area contributed by atoms with Crippen LogP contribution < -0.4 is 15.0 Å². The molecule has 1 aliphatic heterocycles. The van der Waals surface area contributed by atoms with Gasteiger partial charge in [-0.2, -0.15) is 4.98 Å². The molecule has 1 amide bonds. The molecule has 0 atom stereocenters. The fourth-order valence-electron chi connectivity index (χ4n) is 4.06. The molecular formula is C24H29N5O6. The van der Waals surface area contributed by atoms with Crippen molar-refractivity contribution >= 4 is 5.91 Å². The van der Waals surface area contributed by atoms with Crippen LogP contribution in [-0.2, 0) is 17.8 Å². The van der Waals surface area contributed by atoms with Crippen LogP contribution in [0.25, 0.3) is 17.1 Å². The topological polar surface area (TPSA) is 133 Å². The van der Waals surface area contributed by atoms with Crippen molar-refractivity contribution in [3.63, 3.8) is 0 Å². The molecule has 0 radical (unpaired) electrons. The normalized spacial score (nSPS) is 13.6. The lowest BCUT2D eigenvalue weighted by molar-refractivity contribution is -0.128. The number of carbonyl (C=O) groups excluding carboxylic acids is 1. The predicted molar refractivity (Wildman–Crippen MR) is 126 cm³/mol. The smallest absolute Gasteiger partial charge is 0.275 e. The number of ether oxygens (including phenoxy) is 2. The Morgan fingerprint density at radius 2 is 1.86 bits per heavy atom. The molecule has 0 saturated carbocycles. The van der Waals surface area contributed by atoms with Gasteiger partial charge in [0.05, 0.1) is 20.8 Å². The Labute approximate surface area is 202 Å². The first-order chi connectivity index (χ1) is 16.8. The van der Waals surface area contributed by atoms with Crippen LogP contribution in [-0.4, -0.2) is 56.4 Å². The van der Waals surface area contributed by atoms with Gasteiger partial charge in [-0.25, -0.2) is 0 Å². The molecule has 3 aromatic rings. The van der Waals surface area contributed by atoms with E-state index in [2.05, 4.69) is 29.0 Å². The molecule has 2 aromatic heterocycles. The summed E-state index contributed by atoms with van der Waals surface area (Å²) in [6, 6.07) is 5.17. The van der Waals surface area contributed by atoms with E-state index in [1.54, 1.807) is 23.1 Å². The van der Waals surface area contributed by atoms with Crippen LogP contribution in [0.15, 0.2) is 27.4 Å². The van der Waals surface area contributed by atoms with Crippen molar-refractivity contribution < 1.29 is 23.8 Å². The van der Waals surface area contributed by atoms with Gasteiger partial charge < -0.3 is 23.9 Å². The Hall–Kier alpha value is -3.89. The lowest BCUT2D eigenvalue weighted by Gasteiger charge is -2.19. The Balaban J connectivity index is 1.86. The molecule has 1 aliphatic rings. The lowest BCUT2D eigenvalue weighted by atomic mass is 10.1. The van der Waals surface area contributed by atoms with Crippen molar-refractivity contribution in [1.82, 2.24) is 24.6 Å². The highest BCUT2D eigenvalue weighted by molar-refractivity contribution is 5.77. The summed E-state index contributed by atoms with van der Waals surface area (Å²) >= 11 is 0. The minimum absolute atomic E-state index is 0.00870. The average molecular weight is 484 g/mol. The summed E-state index contributed by atoms with van der Waals surface area (Å²) in [7, 11) is 2.99. The van der Waals surface area contributed by atoms with E-state index in [1.165, 1.54) is 18.8 Å². The molecule has 4 rings (SSSR count). The van der Waals surface area contributed by atoms with E-state index < -0.39 is 11.4 Å². The van der Waals surface area contributed by atoms with Crippen LogP contribution >= 0.6 is 0 Å². The number of carbonyl (C=O) groups is 1. The summed E-state index contributed by atoms with van der Waals surface area (Å²) in [5.41, 5.74) is -0.485. The van der Waals surface area contributed by atoms with Gasteiger partial charge in [0, 0.05) is 19.4 Å². The quantitative estimate of drug-likeness (QED) is 0.488. The third-order valence-electron chi connectivity index (χ3n) is 5.88. The van der Waals surface area contributed by atoms with Crippen LogP contribution in [0.5, 0.6) is 17.4 Å². The van der Waals surface area contributed by atoms with E-state index in [0.29, 0.717) is 48.3 Å². The van der Waals surface area contributed by atoms with Crippen molar-refractivity contribution in [1.29, 1.82) is 0 Å². The summed E-state index contributed by atoms with van der Waals surface area (Å²) in [6.07, 6.45) is 2.41. The van der Waals surface area contributed by atoms with E-state index in [4.69, 9.17) is 13.9 Å². The zero-order valence-corrected chi connectivity index (χ0v) is 20.3. The second-order valence-corrected chi connectivity index (χ2v) is 8.73. The van der Waals surface area contributed by atoms with Crippen LogP contribution in [0.2, 0.25) is 0 Å². The summed E-state index contributed by atoms with van der Waals surface area (Å²) in [5.74, 6) is 0.965. The summed E-state index contributed by atoms with van der Waals surface area (Å²) in [6.45, 7) is 4.87. The Morgan fingerprint density at radius 3 is 2.46 bits per heavy atom. The molecule has 0 unspecified atom stereocenters. The van der Waals surface area contributed by atoms with Crippen LogP contribution in [0, 0.1) is 5.92 Å². The number of aryl methyl sites for hydroxylation is 1. The predicted octanol–water partition coefficient (Wildman–Crippen LogP) is 2.72. The molecule has 1 N–H and O–H groups in total. The monoisotopic (exact) mass is 483 g/mol. The number of nitrogens with zero attached hydrogens (tertiary/aromatic N) is 5. The molecule has 0 bridgehead atoms. The largest absolute Gasteiger partial charge is 0.494 e. The van der Waals surface area contributed by atoms with Crippen molar-refractivity contribution in [3.8, 4) is 34.5 Å². The van der Waals surface area contributed by atoms with Gasteiger partial charge in [-0.15, -0.1) is 10.2 Å². The third-order valence-corrected chi connectivity index (χ3v) is 5.88. The molecule has 35 heavy (non-hydrogen) atoms. The van der Waals surface area contributed by atoms with Crippen molar-refractivity contribution in [2.24, 2.45) is 5.92 Å². The molecule has 1 fully saturated rings. The van der Waals surface area contributed by atoms with Crippen LogP contribution in [0.3, 0.4) is 0 Å². The highest BCUT2D eigenvalue weighted by atomic mass is 16.5. The van der Waals surface area contributed by atoms with Gasteiger partial charge in [0.15, 0.2) is 5.56 Å². The van der Waals surface area contributed by atoms with E-state index in [0.717, 1.165) is 12.8 Å². The standard InChI is InChI=1S/C24H29N5O6/c1-14(2)10-11-17-25-22(31)20(23-27-26-18(35-23)13-28-12-6-9-19(28)30)24(32)29(17)21-15(33-3)7-5-8-16(21)34-4/h5,7-8,14,31H,6,9-13H2,1-4H3. The maximum atomic E-state index is 13.9. The molecule has 0 aliphatic carbocycles. The highest BCUT2D eigenvalue weighted by Crippen LogP contribution is 2.34. The molecule has 1 saturated heterocycles. The van der Waals surface area contributed by atoms with Gasteiger partial charge in [0.25, 0.3) is 11.4 Å². The second-order valence-electron chi connectivity index (χ2n) is 8.73. The second kappa shape index (κ2) is 10.2. The van der Waals surface area contributed by atoms with Crippen molar-refractivity contribution in [2.75, 3.05) is 20.8 Å². The fraction of sp³-hybridized carbons (Fsp3) is 0.458. The minimum atomic E-state index is -0.605. The molecule has 1 aromatic carbocycles. The molecule has 11 heteroatoms. The first-order valence-corrected chi connectivity index (χ1v) is 11.5. The SMILES string of the molecule is COc1cccc(OC)c1-n1c(CCC(C)C)nc(O)c(-c2nnc(CN3CCCC3=O)o2)c1=O. The number of likely N-dealkylation sites (tertiary alicyclic amines) is 1. The van der Waals surface area contributed by atoms with E-state index in [1.807, 2.05) is 0 Å². The van der Waals surface area contributed by atoms with E-state index in [9.17, 15) is 14.7 Å². The summed E-state index contributed by atoms with van der Waals surface area (Å²) in [4.78, 5) is 31.8. The summed E-state index contributed by atoms with van der Waals surface area (Å²) < 4.78 is 18.1. The van der Waals surface area contributed by atoms with Crippen molar-refractivity contribution in [2.45, 2.75) is 46.1 Å². The van der Waals surface area contributed by atoms with E-state index in [-0.39, 0.29) is 29.8 Å². The number of methoxy groups -OCH3 is 2. The third kappa shape index (κ3) is 4.84. The maximum Gasteiger partial charge on any atom is 0.275 e. The molecule has 11 nitrogen and oxygen atoms in total. The minimum Gasteiger partial charge on any atom is -0.494 e. The summed E-state index contributed by atoms with van der Waals surface area (Å²) in [5, 5.41) is 18.7. The number of rotatable bonds is 9. The first kappa shape index (κ1) is 24.2. The van der Waals surface area contributed by atoms with Gasteiger partial charge in [0.2, 0.25) is 17.7 Å². The number of aromatic nitrogens is 4. The van der Waals surface area contributed by atoms with Gasteiger partial charge in [-0.05, 0) is 30.9 Å². The maximum absolute atomic E-state index is 13.9. The van der Waals surface area contributed by atoms with Gasteiger partial charge in [-0.3, -0.25) is 14.2 Å². The number of amides is 1. The number of aromatic hydroxyl groups is 1. The number of hydrogen-bond acceptors (Lipinski definition) is 9. The highest BCUT2D eigenvalue weighted by Gasteiger charge is 2.28. The zero-order valence-electron chi connectivity index (χ0n) is 20.3. The Kier molecular flexibility index (Phi) is 7.04. The zero-order chi connectivity index (χ0) is 25.1. The number of benzene rings is 1. The molecular weight excluding hydrogens is 454 g/mol. The molecule has 3 heterocycles. The average Bonchev–Trinajstić information content (AvgIpc) is 3.46. The van der Waals surface area contributed by atoms with Gasteiger partial charge >= 0.3 is 0 Å². The molecule has 0 spiro atoms. The molecule has 186 valence electrons. The first-order valence-electron chi connectivity index (χ1n) is 11.5. The Morgan fingerprint density at radius 1 is 1.14 bits per heavy atom. The number of para-hydroxylation sites is 1. The lowest BCUT2D eigenvalue weighted by Crippen LogP contribution is -2.26. The van der Waals surface area contributed by atoms with E-state index >= 15 is 0 Å². The van der Waals surface area contributed by atoms with Crippen molar-refractivity contribution in [3.05, 3.63) is 40.3 Å². The fourth-order valence-corrected chi connectivity index (χ4v) is 4.06. The Bertz CT molecular complexity index is 1260. The number of hydrogen-bond donors (Lipinski definition) is 1. The van der Waals surface area contributed by atoms with Crippen LogP contribution in [0.1, 0.15) is 44.8 Å². The van der Waals surface area contributed by atoms with Gasteiger partial charge in [0.1, 0.15) is 23.0 Å².